The van der Waals surface area contributed by atoms with E-state index in [2.05, 4.69) is 187 Å². The second-order valence-corrected chi connectivity index (χ2v) is 42.4. The van der Waals surface area contributed by atoms with Gasteiger partial charge in [-0.1, -0.05) is 450 Å². The highest BCUT2D eigenvalue weighted by atomic mass is 16.7. The summed E-state index contributed by atoms with van der Waals surface area (Å²) in [7, 11) is 0. The molecule has 120 heavy (non-hydrogen) atoms. The molecule has 0 radical (unpaired) electrons. The monoisotopic (exact) mass is 1710 g/mol. The van der Waals surface area contributed by atoms with E-state index in [1.165, 1.54) is 340 Å². The van der Waals surface area contributed by atoms with Gasteiger partial charge in [-0.2, -0.15) is 0 Å². The molecule has 0 bridgehead atoms. The van der Waals surface area contributed by atoms with Crippen molar-refractivity contribution in [3.63, 3.8) is 0 Å². The van der Waals surface area contributed by atoms with Gasteiger partial charge in [-0.3, -0.25) is 0 Å². The van der Waals surface area contributed by atoms with Crippen LogP contribution in [0.3, 0.4) is 0 Å². The number of hydrogen-bond donors (Lipinski definition) is 0. The molecule has 0 spiro atoms. The molecule has 10 heteroatoms. The molecule has 0 heterocycles. The van der Waals surface area contributed by atoms with Gasteiger partial charge in [0.1, 0.15) is 0 Å². The van der Waals surface area contributed by atoms with E-state index in [1.54, 1.807) is 0 Å². The predicted molar refractivity (Wildman–Crippen MR) is 532 cm³/mol. The fourth-order valence-electron chi connectivity index (χ4n) is 14.2. The third-order valence-electron chi connectivity index (χ3n) is 22.9. The van der Waals surface area contributed by atoms with Gasteiger partial charge < -0.3 is 47.4 Å². The van der Waals surface area contributed by atoms with Crippen LogP contribution in [0.5, 0.6) is 0 Å². The first-order valence-corrected chi connectivity index (χ1v) is 53.5. The quantitative estimate of drug-likeness (QED) is 0.0433. The van der Waals surface area contributed by atoms with Crippen LogP contribution in [0.15, 0.2) is 0 Å². The Hall–Kier alpha value is -0.400. The summed E-state index contributed by atoms with van der Waals surface area (Å²) in [5.74, 6) is 1.37. The molecule has 0 aromatic heterocycles. The molecular formula is C110H230O10. The Kier molecular flexibility index (Phi) is 101. The van der Waals surface area contributed by atoms with Crippen molar-refractivity contribution in [2.75, 3.05) is 66.1 Å². The Bertz CT molecular complexity index is 1780. The van der Waals surface area contributed by atoms with Gasteiger partial charge in [0.2, 0.25) is 0 Å². The van der Waals surface area contributed by atoms with E-state index >= 15 is 0 Å². The molecule has 730 valence electrons. The molecule has 2 atom stereocenters. The smallest absolute Gasteiger partial charge is 0.162 e. The summed E-state index contributed by atoms with van der Waals surface area (Å²) >= 11 is 0. The van der Waals surface area contributed by atoms with Gasteiger partial charge in [0.15, 0.2) is 31.5 Å². The van der Waals surface area contributed by atoms with Crippen LogP contribution >= 0.6 is 0 Å². The molecule has 0 N–H and O–H groups in total. The van der Waals surface area contributed by atoms with Crippen LogP contribution in [0.4, 0.5) is 0 Å². The zero-order valence-electron chi connectivity index (χ0n) is 87.8. The molecule has 0 aromatic rings. The molecule has 0 aromatic carbocycles. The van der Waals surface area contributed by atoms with Crippen molar-refractivity contribution in [1.82, 2.24) is 0 Å². The predicted octanol–water partition coefficient (Wildman–Crippen LogP) is 37.2. The Morgan fingerprint density at radius 2 is 0.367 bits per heavy atom. The average Bonchev–Trinajstić information content (AvgIpc) is 0.895. The fraction of sp³-hybridized carbons (Fsp3) is 1.00. The minimum atomic E-state index is -0.0603. The van der Waals surface area contributed by atoms with Crippen LogP contribution in [-0.4, -0.2) is 97.5 Å². The van der Waals surface area contributed by atoms with E-state index in [-0.39, 0.29) is 36.9 Å². The highest BCUT2D eigenvalue weighted by Gasteiger charge is 2.27. The fourth-order valence-corrected chi connectivity index (χ4v) is 14.2. The first kappa shape index (κ1) is 128. The summed E-state index contributed by atoms with van der Waals surface area (Å²) in [6.07, 6.45) is 77.3. The summed E-state index contributed by atoms with van der Waals surface area (Å²) in [6, 6.07) is 0. The van der Waals surface area contributed by atoms with Crippen molar-refractivity contribution < 1.29 is 47.4 Å². The third kappa shape index (κ3) is 110. The van der Waals surface area contributed by atoms with Crippen molar-refractivity contribution in [3.05, 3.63) is 0 Å². The molecular weight excluding hydrogens is 1480 g/mol. The van der Waals surface area contributed by atoms with Crippen molar-refractivity contribution in [2.45, 2.75) is 610 Å². The maximum absolute atomic E-state index is 6.26. The molecule has 0 fully saturated rings. The van der Waals surface area contributed by atoms with Crippen LogP contribution in [0.2, 0.25) is 0 Å². The number of unbranched alkanes of at least 4 members (excludes halogenated alkanes) is 37. The van der Waals surface area contributed by atoms with E-state index in [9.17, 15) is 0 Å². The van der Waals surface area contributed by atoms with Gasteiger partial charge >= 0.3 is 0 Å². The molecule has 0 rings (SSSR count). The topological polar surface area (TPSA) is 92.3 Å². The van der Waals surface area contributed by atoms with Crippen molar-refractivity contribution >= 4 is 0 Å². The van der Waals surface area contributed by atoms with Crippen LogP contribution < -0.4 is 0 Å². The molecule has 0 aliphatic carbocycles. The zero-order valence-corrected chi connectivity index (χ0v) is 87.8. The largest absolute Gasteiger partial charge is 0.353 e. The lowest BCUT2D eigenvalue weighted by atomic mass is 9.89. The second kappa shape index (κ2) is 94.7. The molecule has 10 nitrogen and oxygen atoms in total. The van der Waals surface area contributed by atoms with E-state index in [0.29, 0.717) is 33.5 Å². The summed E-state index contributed by atoms with van der Waals surface area (Å²) < 4.78 is 60.8. The first-order valence-electron chi connectivity index (χ1n) is 53.5. The Morgan fingerprint density at radius 1 is 0.167 bits per heavy atom. The van der Waals surface area contributed by atoms with Crippen LogP contribution in [0.1, 0.15) is 579 Å². The third-order valence-corrected chi connectivity index (χ3v) is 22.9. The Balaban J connectivity index is -0.000000460. The minimum absolute atomic E-state index is 0.00510. The molecule has 2 unspecified atom stereocenters. The molecule has 0 aliphatic rings. The standard InChI is InChI=1S/C24H50O2.2C23H48O2.C21H44O2.C19H40O2/c1-6-8-10-12-14-16-21-25-23(19-18-20-24(3,4)5)26-22-17-15-13-11-9-7-2;1-8-12-14-20(10-3)18-24-22(16-17-23(5,6)7)25-19-21(11-4)15-13-9-2;1-6-8-10-12-14-16-20-24-22(18-19-23(3,4)5)25-21-17-15-13-11-9-7-2;1-6-8-10-14-18-22-20(23-19-15-11-9-7-2)16-12-13-17-21(3,4)5;1-6-8-10-12-14-16-20-18(19(3,4)5)21-17-15-13-11-9-7-2/h23H,6-22H2,1-5H3;20-22H,8-19H2,1-7H3;22H,6-21H2,1-5H3;20H,6-19H2,1-5H3;18H,6-17H2,1-5H3. The van der Waals surface area contributed by atoms with E-state index < -0.39 is 0 Å². The van der Waals surface area contributed by atoms with E-state index in [0.717, 1.165) is 117 Å². The normalized spacial score (nSPS) is 13.0. The van der Waals surface area contributed by atoms with Crippen molar-refractivity contribution in [1.29, 1.82) is 0 Å². The number of rotatable bonds is 83. The van der Waals surface area contributed by atoms with Crippen LogP contribution in [0, 0.1) is 38.9 Å². The molecule has 0 aliphatic heterocycles. The van der Waals surface area contributed by atoms with E-state index in [1.807, 2.05) is 0 Å². The van der Waals surface area contributed by atoms with Gasteiger partial charge in [0, 0.05) is 58.3 Å². The summed E-state index contributed by atoms with van der Waals surface area (Å²) in [5, 5.41) is 0. The lowest BCUT2D eigenvalue weighted by Gasteiger charge is -2.30. The molecule has 0 saturated heterocycles. The van der Waals surface area contributed by atoms with Gasteiger partial charge in [0.05, 0.1) is 13.2 Å². The Labute approximate surface area is 758 Å². The highest BCUT2D eigenvalue weighted by Crippen LogP contribution is 2.30. The summed E-state index contributed by atoms with van der Waals surface area (Å²) in [6.45, 7) is 70.0. The lowest BCUT2D eigenvalue weighted by Crippen LogP contribution is -2.32. The van der Waals surface area contributed by atoms with Crippen molar-refractivity contribution in [2.24, 2.45) is 38.9 Å². The maximum Gasteiger partial charge on any atom is 0.162 e. The highest BCUT2D eigenvalue weighted by molar-refractivity contribution is 4.70. The molecule has 0 saturated carbocycles. The number of ether oxygens (including phenoxy) is 10. The van der Waals surface area contributed by atoms with Crippen molar-refractivity contribution in [3.8, 4) is 0 Å². The van der Waals surface area contributed by atoms with Gasteiger partial charge in [0.25, 0.3) is 0 Å². The maximum atomic E-state index is 6.26. The Morgan fingerprint density at radius 3 is 0.600 bits per heavy atom. The zero-order chi connectivity index (χ0) is 90.8. The van der Waals surface area contributed by atoms with Crippen LogP contribution in [-0.2, 0) is 47.4 Å². The van der Waals surface area contributed by atoms with Gasteiger partial charge in [-0.05, 0) is 162 Å². The summed E-state index contributed by atoms with van der Waals surface area (Å²) in [5.41, 5.74) is 1.60. The van der Waals surface area contributed by atoms with Crippen LogP contribution in [0.25, 0.3) is 0 Å². The molecule has 0 amide bonds. The second-order valence-electron chi connectivity index (χ2n) is 42.4. The minimum Gasteiger partial charge on any atom is -0.353 e. The van der Waals surface area contributed by atoms with Gasteiger partial charge in [-0.15, -0.1) is 0 Å². The van der Waals surface area contributed by atoms with Gasteiger partial charge in [-0.25, -0.2) is 0 Å². The number of hydrogen-bond acceptors (Lipinski definition) is 10. The SMILES string of the molecule is CCCCC(CC)COC(CCC(C)(C)C)OCC(CC)CCCC.CCCCCCCCOC(CCC(C)(C)C)OCCCCCCCC.CCCCCCCCOC(CCCC(C)(C)C)OCCCCCCCC.CCCCCCCOC(OCCCCCCC)C(C)(C)C.CCCCCCOC(CCCCC(C)(C)C)OCCCCCC. The lowest BCUT2D eigenvalue weighted by molar-refractivity contribution is -0.195. The summed E-state index contributed by atoms with van der Waals surface area (Å²) in [4.78, 5) is 0. The first-order chi connectivity index (χ1) is 57.4. The average molecular weight is 1710 g/mol. The van der Waals surface area contributed by atoms with E-state index in [4.69, 9.17) is 47.4 Å².